The van der Waals surface area contributed by atoms with Crippen molar-refractivity contribution >= 4 is 27.7 Å². The Hall–Kier alpha value is -2.32. The Labute approximate surface area is 134 Å². The smallest absolute Gasteiger partial charge is 0.105 e. The predicted octanol–water partition coefficient (Wildman–Crippen LogP) is 4.13. The number of benzene rings is 1. The third-order valence-corrected chi connectivity index (χ3v) is 4.90. The average Bonchev–Trinajstić information content (AvgIpc) is 2.83. The summed E-state index contributed by atoms with van der Waals surface area (Å²) >= 11 is 1.54. The summed E-state index contributed by atoms with van der Waals surface area (Å²) in [6, 6.07) is 12.1. The third-order valence-electron chi connectivity index (χ3n) is 3.82. The summed E-state index contributed by atoms with van der Waals surface area (Å²) in [7, 11) is 0. The summed E-state index contributed by atoms with van der Waals surface area (Å²) in [5.74, 6) is 0. The molecule has 1 aliphatic rings. The number of nitriles is 1. The number of nitrogens with zero attached hydrogens (tertiary/aromatic N) is 2. The molecule has 0 bridgehead atoms. The van der Waals surface area contributed by atoms with Crippen LogP contribution in [0.3, 0.4) is 0 Å². The van der Waals surface area contributed by atoms with Crippen LogP contribution in [0.1, 0.15) is 41.7 Å². The molecule has 0 saturated carbocycles. The number of anilines is 2. The minimum absolute atomic E-state index is 0.593. The van der Waals surface area contributed by atoms with Crippen LogP contribution < -0.4 is 11.2 Å². The van der Waals surface area contributed by atoms with Gasteiger partial charge < -0.3 is 5.73 Å². The zero-order valence-electron chi connectivity index (χ0n) is 12.3. The second-order valence-corrected chi connectivity index (χ2v) is 6.49. The number of nitrogens with two attached hydrogens (primary N) is 1. The van der Waals surface area contributed by atoms with Gasteiger partial charge in [-0.2, -0.15) is 10.4 Å². The van der Waals surface area contributed by atoms with Gasteiger partial charge in [0.1, 0.15) is 11.1 Å². The normalized spacial score (nSPS) is 16.4. The minimum atomic E-state index is 0.593. The van der Waals surface area contributed by atoms with Crippen molar-refractivity contribution in [2.45, 2.75) is 32.1 Å². The topological polar surface area (TPSA) is 74.2 Å². The molecule has 0 saturated heterocycles. The van der Waals surface area contributed by atoms with Gasteiger partial charge in [0.25, 0.3) is 0 Å². The molecule has 2 aromatic rings. The van der Waals surface area contributed by atoms with Crippen molar-refractivity contribution in [3.8, 4) is 6.07 Å². The van der Waals surface area contributed by atoms with Gasteiger partial charge in [-0.05, 0) is 37.8 Å². The molecule has 4 nitrogen and oxygen atoms in total. The highest BCUT2D eigenvalue weighted by Crippen LogP contribution is 2.34. The highest BCUT2D eigenvalue weighted by molar-refractivity contribution is 7.16. The van der Waals surface area contributed by atoms with Crippen molar-refractivity contribution in [1.82, 2.24) is 0 Å². The van der Waals surface area contributed by atoms with E-state index in [0.717, 1.165) is 42.6 Å². The van der Waals surface area contributed by atoms with E-state index >= 15 is 0 Å². The summed E-state index contributed by atoms with van der Waals surface area (Å²) in [6.07, 6.45) is 5.28. The van der Waals surface area contributed by atoms with Crippen molar-refractivity contribution in [1.29, 1.82) is 5.26 Å². The molecule has 1 aromatic carbocycles. The zero-order chi connectivity index (χ0) is 15.4. The number of thiophene rings is 1. The maximum absolute atomic E-state index is 9.43. The van der Waals surface area contributed by atoms with Crippen LogP contribution >= 0.6 is 11.3 Å². The maximum Gasteiger partial charge on any atom is 0.105 e. The molecule has 0 amide bonds. The SMILES string of the molecule is N#Cc1c(N)sc2c1/C(=N/Nc1ccccc1)CCCCC2. The number of fused-ring (bicyclic) bond motifs is 1. The van der Waals surface area contributed by atoms with Crippen molar-refractivity contribution in [3.63, 3.8) is 0 Å². The molecule has 1 heterocycles. The van der Waals surface area contributed by atoms with Gasteiger partial charge in [-0.3, -0.25) is 5.43 Å². The molecule has 1 aromatic heterocycles. The molecule has 0 fully saturated rings. The number of para-hydroxylation sites is 1. The van der Waals surface area contributed by atoms with E-state index in [1.807, 2.05) is 30.3 Å². The average molecular weight is 310 g/mol. The lowest BCUT2D eigenvalue weighted by Gasteiger charge is -2.13. The van der Waals surface area contributed by atoms with Gasteiger partial charge in [0.15, 0.2) is 0 Å². The standard InChI is InChI=1S/C17H18N4S/c18-11-13-16-14(21-20-12-7-3-1-4-8-12)9-5-2-6-10-15(16)22-17(13)19/h1,3-4,7-8,20H,2,5-6,9-10,19H2/b21-14+. The second-order valence-electron chi connectivity index (χ2n) is 5.35. The summed E-state index contributed by atoms with van der Waals surface area (Å²) < 4.78 is 0. The molecule has 3 rings (SSSR count). The molecule has 5 heteroatoms. The van der Waals surface area contributed by atoms with Crippen molar-refractivity contribution in [3.05, 3.63) is 46.3 Å². The van der Waals surface area contributed by atoms with E-state index in [4.69, 9.17) is 5.73 Å². The van der Waals surface area contributed by atoms with Crippen LogP contribution in [0.4, 0.5) is 10.7 Å². The van der Waals surface area contributed by atoms with Gasteiger partial charge >= 0.3 is 0 Å². The number of hydrazone groups is 1. The fraction of sp³-hybridized carbons (Fsp3) is 0.294. The Morgan fingerprint density at radius 2 is 1.91 bits per heavy atom. The van der Waals surface area contributed by atoms with Crippen LogP contribution in [0.15, 0.2) is 35.4 Å². The molecule has 1 aliphatic carbocycles. The number of hydrogen-bond acceptors (Lipinski definition) is 5. The van der Waals surface area contributed by atoms with Crippen LogP contribution in [-0.4, -0.2) is 5.71 Å². The fourth-order valence-corrected chi connectivity index (χ4v) is 3.81. The zero-order valence-corrected chi connectivity index (χ0v) is 13.1. The van der Waals surface area contributed by atoms with Gasteiger partial charge in [0, 0.05) is 10.4 Å². The van der Waals surface area contributed by atoms with Gasteiger partial charge in [-0.15, -0.1) is 11.3 Å². The van der Waals surface area contributed by atoms with E-state index in [1.54, 1.807) is 0 Å². The Bertz CT molecular complexity index is 725. The lowest BCUT2D eigenvalue weighted by Crippen LogP contribution is -2.10. The van der Waals surface area contributed by atoms with Gasteiger partial charge in [0.2, 0.25) is 0 Å². The van der Waals surface area contributed by atoms with E-state index in [-0.39, 0.29) is 0 Å². The molecule has 0 aliphatic heterocycles. The summed E-state index contributed by atoms with van der Waals surface area (Å²) in [6.45, 7) is 0. The first kappa shape index (κ1) is 14.6. The number of aryl methyl sites for hydroxylation is 1. The molecule has 0 spiro atoms. The first-order valence-electron chi connectivity index (χ1n) is 7.49. The number of rotatable bonds is 2. The Morgan fingerprint density at radius 3 is 2.68 bits per heavy atom. The first-order chi connectivity index (χ1) is 10.8. The molecular weight excluding hydrogens is 292 g/mol. The molecule has 3 N–H and O–H groups in total. The molecule has 112 valence electrons. The maximum atomic E-state index is 9.43. The lowest BCUT2D eigenvalue weighted by molar-refractivity contribution is 0.692. The summed E-state index contributed by atoms with van der Waals surface area (Å²) in [5, 5.41) is 14.6. The van der Waals surface area contributed by atoms with Crippen LogP contribution in [0.25, 0.3) is 0 Å². The largest absolute Gasteiger partial charge is 0.389 e. The fourth-order valence-electron chi connectivity index (χ4n) is 2.73. The number of hydrogen-bond donors (Lipinski definition) is 2. The Balaban J connectivity index is 1.99. The third kappa shape index (κ3) is 2.97. The van der Waals surface area contributed by atoms with Crippen LogP contribution in [0, 0.1) is 11.3 Å². The van der Waals surface area contributed by atoms with Crippen LogP contribution in [0.5, 0.6) is 0 Å². The minimum Gasteiger partial charge on any atom is -0.389 e. The van der Waals surface area contributed by atoms with Gasteiger partial charge in [0.05, 0.1) is 17.0 Å². The Morgan fingerprint density at radius 1 is 1.14 bits per heavy atom. The Kier molecular flexibility index (Phi) is 4.40. The quantitative estimate of drug-likeness (QED) is 0.819. The predicted molar refractivity (Wildman–Crippen MR) is 92.2 cm³/mol. The molecule has 0 radical (unpaired) electrons. The molecule has 0 unspecified atom stereocenters. The van der Waals surface area contributed by atoms with E-state index in [0.29, 0.717) is 10.6 Å². The monoisotopic (exact) mass is 310 g/mol. The summed E-state index contributed by atoms with van der Waals surface area (Å²) in [5.41, 5.74) is 12.6. The molecular formula is C17H18N4S. The first-order valence-corrected chi connectivity index (χ1v) is 8.30. The van der Waals surface area contributed by atoms with Crippen LogP contribution in [-0.2, 0) is 6.42 Å². The van der Waals surface area contributed by atoms with E-state index in [1.165, 1.54) is 22.6 Å². The summed E-state index contributed by atoms with van der Waals surface area (Å²) in [4.78, 5) is 1.20. The van der Waals surface area contributed by atoms with E-state index in [2.05, 4.69) is 16.6 Å². The molecule has 22 heavy (non-hydrogen) atoms. The van der Waals surface area contributed by atoms with Crippen LogP contribution in [0.2, 0.25) is 0 Å². The van der Waals surface area contributed by atoms with Gasteiger partial charge in [-0.25, -0.2) is 0 Å². The van der Waals surface area contributed by atoms with Crippen molar-refractivity contribution in [2.75, 3.05) is 11.2 Å². The number of nitrogens with one attached hydrogen (secondary N) is 1. The van der Waals surface area contributed by atoms with Gasteiger partial charge in [-0.1, -0.05) is 24.6 Å². The highest BCUT2D eigenvalue weighted by Gasteiger charge is 2.22. The highest BCUT2D eigenvalue weighted by atomic mass is 32.1. The van der Waals surface area contributed by atoms with Crippen molar-refractivity contribution in [2.24, 2.45) is 5.10 Å². The van der Waals surface area contributed by atoms with Crippen molar-refractivity contribution < 1.29 is 0 Å². The number of nitrogen functional groups attached to an aromatic ring is 1. The second kappa shape index (κ2) is 6.63. The lowest BCUT2D eigenvalue weighted by atomic mass is 9.95. The molecule has 0 atom stereocenters. The van der Waals surface area contributed by atoms with E-state index < -0.39 is 0 Å². The van der Waals surface area contributed by atoms with E-state index in [9.17, 15) is 5.26 Å².